The lowest BCUT2D eigenvalue weighted by Crippen LogP contribution is -2.21. The second-order valence-electron chi connectivity index (χ2n) is 6.20. The zero-order chi connectivity index (χ0) is 23.5. The second kappa shape index (κ2) is 12.0. The maximum absolute atomic E-state index is 12.2. The molecule has 0 aliphatic carbocycles. The highest BCUT2D eigenvalue weighted by Gasteiger charge is 2.15. The zero-order valence-corrected chi connectivity index (χ0v) is 18.3. The van der Waals surface area contributed by atoms with E-state index in [1.54, 1.807) is 37.3 Å². The number of para-hydroxylation sites is 1. The van der Waals surface area contributed by atoms with Crippen LogP contribution in [0.25, 0.3) is 6.08 Å². The van der Waals surface area contributed by atoms with E-state index in [2.05, 4.69) is 5.32 Å². The average molecular weight is 443 g/mol. The molecule has 0 saturated heterocycles. The lowest BCUT2D eigenvalue weighted by Gasteiger charge is -2.12. The topological polar surface area (TPSA) is 109 Å². The van der Waals surface area contributed by atoms with Crippen LogP contribution in [0.2, 0.25) is 0 Å². The Labute approximate surface area is 185 Å². The van der Waals surface area contributed by atoms with Gasteiger partial charge >= 0.3 is 11.9 Å². The number of hydrogen-bond acceptors (Lipinski definition) is 8. The molecule has 0 aromatic heterocycles. The number of amides is 1. The molecule has 0 aliphatic rings. The van der Waals surface area contributed by atoms with Gasteiger partial charge in [0, 0.05) is 17.7 Å². The van der Waals surface area contributed by atoms with E-state index in [0.29, 0.717) is 22.8 Å². The summed E-state index contributed by atoms with van der Waals surface area (Å²) in [7, 11) is 4.47. The molecule has 0 atom stereocenters. The molecule has 0 spiro atoms. The zero-order valence-electron chi connectivity index (χ0n) is 18.3. The summed E-state index contributed by atoms with van der Waals surface area (Å²) in [6.07, 6.45) is 2.63. The van der Waals surface area contributed by atoms with Gasteiger partial charge in [-0.3, -0.25) is 4.79 Å². The Kier molecular flexibility index (Phi) is 9.09. The highest BCUT2D eigenvalue weighted by Crippen LogP contribution is 2.35. The van der Waals surface area contributed by atoms with Crippen LogP contribution >= 0.6 is 0 Å². The van der Waals surface area contributed by atoms with Crippen molar-refractivity contribution in [2.75, 3.05) is 39.9 Å². The van der Waals surface area contributed by atoms with E-state index in [1.807, 2.05) is 0 Å². The van der Waals surface area contributed by atoms with Crippen LogP contribution in [0.3, 0.4) is 0 Å². The van der Waals surface area contributed by atoms with Crippen molar-refractivity contribution in [2.24, 2.45) is 0 Å². The average Bonchev–Trinajstić information content (AvgIpc) is 2.81. The molecule has 1 N–H and O–H groups in total. The predicted octanol–water partition coefficient (Wildman–Crippen LogP) is 3.08. The molecule has 0 aliphatic heterocycles. The Morgan fingerprint density at radius 2 is 1.56 bits per heavy atom. The largest absolute Gasteiger partial charge is 0.496 e. The molecule has 0 fully saturated rings. The number of hydrogen-bond donors (Lipinski definition) is 1. The first-order chi connectivity index (χ1) is 15.4. The molecule has 2 aromatic rings. The van der Waals surface area contributed by atoms with Gasteiger partial charge in [0.2, 0.25) is 0 Å². The molecule has 170 valence electrons. The first-order valence-electron chi connectivity index (χ1n) is 9.64. The van der Waals surface area contributed by atoms with Crippen molar-refractivity contribution < 1.29 is 38.1 Å². The molecular weight excluding hydrogens is 418 g/mol. The van der Waals surface area contributed by atoms with Gasteiger partial charge in [-0.1, -0.05) is 12.1 Å². The molecule has 0 radical (unpaired) electrons. The van der Waals surface area contributed by atoms with Gasteiger partial charge in [-0.25, -0.2) is 9.59 Å². The number of anilines is 1. The summed E-state index contributed by atoms with van der Waals surface area (Å²) >= 11 is 0. The number of ether oxygens (including phenoxy) is 5. The quantitative estimate of drug-likeness (QED) is 0.441. The van der Waals surface area contributed by atoms with Crippen molar-refractivity contribution >= 4 is 29.6 Å². The summed E-state index contributed by atoms with van der Waals surface area (Å²) in [6, 6.07) is 9.64. The van der Waals surface area contributed by atoms with Crippen LogP contribution in [0.1, 0.15) is 22.8 Å². The predicted molar refractivity (Wildman–Crippen MR) is 117 cm³/mol. The first kappa shape index (κ1) is 24.3. The Hall–Kier alpha value is -4.01. The molecule has 2 rings (SSSR count). The number of carbonyl (C=O) groups excluding carboxylic acids is 3. The van der Waals surface area contributed by atoms with Gasteiger partial charge in [0.15, 0.2) is 18.1 Å². The van der Waals surface area contributed by atoms with Gasteiger partial charge in [0.1, 0.15) is 5.75 Å². The highest BCUT2D eigenvalue weighted by atomic mass is 16.5. The fourth-order valence-corrected chi connectivity index (χ4v) is 2.69. The summed E-state index contributed by atoms with van der Waals surface area (Å²) in [5, 5.41) is 2.53. The van der Waals surface area contributed by atoms with Crippen LogP contribution < -0.4 is 19.5 Å². The van der Waals surface area contributed by atoms with Crippen LogP contribution in [-0.4, -0.2) is 52.4 Å². The van der Waals surface area contributed by atoms with E-state index in [-0.39, 0.29) is 17.9 Å². The molecule has 9 heteroatoms. The smallest absolute Gasteiger partial charge is 0.340 e. The van der Waals surface area contributed by atoms with E-state index < -0.39 is 24.5 Å². The standard InChI is InChI=1S/C23H25NO8/c1-5-31-23(27)16-8-6-7-9-17(16)24-21(25)14-32-22(26)11-10-15-12-19(29-3)20(30-4)13-18(15)28-2/h6-13H,5,14H2,1-4H3,(H,24,25)/b11-10+. The minimum absolute atomic E-state index is 0.203. The molecule has 32 heavy (non-hydrogen) atoms. The number of carbonyl (C=O) groups is 3. The van der Waals surface area contributed by atoms with Gasteiger partial charge < -0.3 is 29.0 Å². The van der Waals surface area contributed by atoms with Crippen molar-refractivity contribution in [3.8, 4) is 17.2 Å². The molecule has 1 amide bonds. The lowest BCUT2D eigenvalue weighted by atomic mass is 10.1. The summed E-state index contributed by atoms with van der Waals surface area (Å²) in [5.41, 5.74) is 1.02. The van der Waals surface area contributed by atoms with E-state index in [9.17, 15) is 14.4 Å². The number of methoxy groups -OCH3 is 3. The number of benzene rings is 2. The van der Waals surface area contributed by atoms with Crippen molar-refractivity contribution in [3.63, 3.8) is 0 Å². The van der Waals surface area contributed by atoms with Crippen molar-refractivity contribution in [2.45, 2.75) is 6.92 Å². The number of nitrogens with one attached hydrogen (secondary N) is 1. The molecule has 0 heterocycles. The third-order valence-electron chi connectivity index (χ3n) is 4.18. The SMILES string of the molecule is CCOC(=O)c1ccccc1NC(=O)COC(=O)/C=C/c1cc(OC)c(OC)cc1OC. The fraction of sp³-hybridized carbons (Fsp3) is 0.261. The number of esters is 2. The van der Waals surface area contributed by atoms with Gasteiger partial charge in [0.05, 0.1) is 39.2 Å². The van der Waals surface area contributed by atoms with Crippen LogP contribution in [0.15, 0.2) is 42.5 Å². The van der Waals surface area contributed by atoms with Crippen LogP contribution in [0.5, 0.6) is 17.2 Å². The second-order valence-corrected chi connectivity index (χ2v) is 6.20. The van der Waals surface area contributed by atoms with Gasteiger partial charge in [-0.2, -0.15) is 0 Å². The van der Waals surface area contributed by atoms with Crippen molar-refractivity contribution in [1.29, 1.82) is 0 Å². The molecule has 9 nitrogen and oxygen atoms in total. The summed E-state index contributed by atoms with van der Waals surface area (Å²) in [4.78, 5) is 36.2. The maximum atomic E-state index is 12.2. The van der Waals surface area contributed by atoms with Crippen molar-refractivity contribution in [1.82, 2.24) is 0 Å². The maximum Gasteiger partial charge on any atom is 0.340 e. The van der Waals surface area contributed by atoms with Gasteiger partial charge in [-0.15, -0.1) is 0 Å². The third-order valence-corrected chi connectivity index (χ3v) is 4.18. The van der Waals surface area contributed by atoms with E-state index >= 15 is 0 Å². The van der Waals surface area contributed by atoms with Crippen LogP contribution in [-0.2, 0) is 19.1 Å². The minimum atomic E-state index is -0.740. The Morgan fingerprint density at radius 3 is 2.22 bits per heavy atom. The van der Waals surface area contributed by atoms with Crippen molar-refractivity contribution in [3.05, 3.63) is 53.6 Å². The summed E-state index contributed by atoms with van der Waals surface area (Å²) in [5.74, 6) is -0.514. The molecular formula is C23H25NO8. The van der Waals surface area contributed by atoms with E-state index in [0.717, 1.165) is 6.08 Å². The highest BCUT2D eigenvalue weighted by molar-refractivity contribution is 6.02. The molecule has 2 aromatic carbocycles. The van der Waals surface area contributed by atoms with Gasteiger partial charge in [-0.05, 0) is 31.2 Å². The van der Waals surface area contributed by atoms with E-state index in [1.165, 1.54) is 33.5 Å². The normalized spacial score (nSPS) is 10.4. The van der Waals surface area contributed by atoms with Crippen LogP contribution in [0, 0.1) is 0 Å². The Balaban J connectivity index is 2.00. The summed E-state index contributed by atoms with van der Waals surface area (Å²) < 4.78 is 25.7. The molecule has 0 saturated carbocycles. The minimum Gasteiger partial charge on any atom is -0.496 e. The summed E-state index contributed by atoms with van der Waals surface area (Å²) in [6.45, 7) is 1.35. The lowest BCUT2D eigenvalue weighted by molar-refractivity contribution is -0.142. The fourth-order valence-electron chi connectivity index (χ4n) is 2.69. The molecule has 0 unspecified atom stereocenters. The number of rotatable bonds is 10. The van der Waals surface area contributed by atoms with E-state index in [4.69, 9.17) is 23.7 Å². The molecule has 0 bridgehead atoms. The van der Waals surface area contributed by atoms with Gasteiger partial charge in [0.25, 0.3) is 5.91 Å². The third kappa shape index (κ3) is 6.49. The first-order valence-corrected chi connectivity index (χ1v) is 9.64. The monoisotopic (exact) mass is 443 g/mol. The van der Waals surface area contributed by atoms with Crippen LogP contribution in [0.4, 0.5) is 5.69 Å². The Morgan fingerprint density at radius 1 is 0.906 bits per heavy atom. The Bertz CT molecular complexity index is 999.